The average molecular weight is 432 g/mol. The van der Waals surface area contributed by atoms with Gasteiger partial charge in [-0.25, -0.2) is 15.0 Å². The summed E-state index contributed by atoms with van der Waals surface area (Å²) in [6, 6.07) is 13.6. The van der Waals surface area contributed by atoms with Gasteiger partial charge in [0.1, 0.15) is 11.6 Å². The fraction of sp³-hybridized carbons (Fsp3) is 0.360. The molecular formula is C25H29N5O2. The summed E-state index contributed by atoms with van der Waals surface area (Å²) in [5.41, 5.74) is 4.71. The molecule has 7 heteroatoms. The molecule has 3 aromatic rings. The number of pyridine rings is 1. The summed E-state index contributed by atoms with van der Waals surface area (Å²) in [6.07, 6.45) is 1.82. The molecule has 0 spiro atoms. The predicted molar refractivity (Wildman–Crippen MR) is 124 cm³/mol. The van der Waals surface area contributed by atoms with Gasteiger partial charge >= 0.3 is 0 Å². The van der Waals surface area contributed by atoms with Crippen molar-refractivity contribution in [3.05, 3.63) is 70.7 Å². The van der Waals surface area contributed by atoms with E-state index in [0.717, 1.165) is 46.8 Å². The molecule has 1 aliphatic rings. The van der Waals surface area contributed by atoms with Crippen LogP contribution < -0.4 is 10.1 Å². The van der Waals surface area contributed by atoms with E-state index in [-0.39, 0.29) is 18.6 Å². The van der Waals surface area contributed by atoms with Gasteiger partial charge in [-0.05, 0) is 69.9 Å². The summed E-state index contributed by atoms with van der Waals surface area (Å²) in [6.45, 7) is 8.59. The van der Waals surface area contributed by atoms with E-state index < -0.39 is 0 Å². The van der Waals surface area contributed by atoms with Crippen LogP contribution in [0.5, 0.6) is 5.75 Å². The van der Waals surface area contributed by atoms with Gasteiger partial charge in [0.15, 0.2) is 6.61 Å². The molecule has 0 radical (unpaired) electrons. The summed E-state index contributed by atoms with van der Waals surface area (Å²) < 4.78 is 5.91. The number of amides is 1. The first-order valence-electron chi connectivity index (χ1n) is 11.0. The highest BCUT2D eigenvalue weighted by Crippen LogP contribution is 2.32. The number of hydrogen-bond donors (Lipinski definition) is 1. The minimum atomic E-state index is -0.0639. The largest absolute Gasteiger partial charge is 0.483 e. The summed E-state index contributed by atoms with van der Waals surface area (Å²) in [5.74, 6) is 1.95. The number of benzene rings is 1. The Morgan fingerprint density at radius 2 is 1.72 bits per heavy atom. The van der Waals surface area contributed by atoms with Crippen molar-refractivity contribution in [2.75, 3.05) is 18.5 Å². The smallest absolute Gasteiger partial charge is 0.261 e. The van der Waals surface area contributed by atoms with E-state index in [9.17, 15) is 4.79 Å². The molecular weight excluding hydrogens is 402 g/mol. The highest BCUT2D eigenvalue weighted by molar-refractivity contribution is 5.78. The molecule has 0 bridgehead atoms. The Hall–Kier alpha value is -3.48. The lowest BCUT2D eigenvalue weighted by Gasteiger charge is -2.25. The van der Waals surface area contributed by atoms with Crippen LogP contribution in [0, 0.1) is 27.7 Å². The minimum Gasteiger partial charge on any atom is -0.483 e. The molecule has 7 nitrogen and oxygen atoms in total. The highest BCUT2D eigenvalue weighted by atomic mass is 16.5. The topological polar surface area (TPSA) is 80.2 Å². The number of hydrogen-bond acceptors (Lipinski definition) is 6. The number of ether oxygens (including phenoxy) is 1. The zero-order chi connectivity index (χ0) is 22.7. The number of likely N-dealkylation sites (tertiary alicyclic amines) is 1. The molecule has 1 amide bonds. The van der Waals surface area contributed by atoms with Gasteiger partial charge in [0.2, 0.25) is 5.95 Å². The van der Waals surface area contributed by atoms with E-state index in [4.69, 9.17) is 9.72 Å². The fourth-order valence-electron chi connectivity index (χ4n) is 4.22. The Morgan fingerprint density at radius 1 is 1.03 bits per heavy atom. The Balaban J connectivity index is 1.47. The number of nitrogens with zero attached hydrogens (tertiary/aromatic N) is 4. The monoisotopic (exact) mass is 431 g/mol. The maximum absolute atomic E-state index is 13.0. The maximum atomic E-state index is 13.0. The second kappa shape index (κ2) is 9.34. The van der Waals surface area contributed by atoms with Crippen molar-refractivity contribution in [2.45, 2.75) is 46.6 Å². The normalized spacial score (nSPS) is 15.6. The van der Waals surface area contributed by atoms with E-state index in [1.54, 1.807) is 0 Å². The molecule has 1 aliphatic heterocycles. The second-order valence-corrected chi connectivity index (χ2v) is 8.30. The SMILES string of the molecule is Cc1cc(C)nc(Nc2cccc([C@@H]3CCCN3C(=O)COc3c(C)cccc3C)n2)n1. The molecule has 0 aliphatic carbocycles. The van der Waals surface area contributed by atoms with Gasteiger partial charge in [0.05, 0.1) is 11.7 Å². The van der Waals surface area contributed by atoms with Gasteiger partial charge in [0.25, 0.3) is 5.91 Å². The van der Waals surface area contributed by atoms with Gasteiger partial charge in [-0.2, -0.15) is 0 Å². The molecule has 166 valence electrons. The number of carbonyl (C=O) groups excluding carboxylic acids is 1. The third-order valence-corrected chi connectivity index (χ3v) is 5.66. The number of nitrogens with one attached hydrogen (secondary N) is 1. The van der Waals surface area contributed by atoms with Crippen LogP contribution in [0.25, 0.3) is 0 Å². The number of rotatable bonds is 6. The summed E-state index contributed by atoms with van der Waals surface area (Å²) in [5, 5.41) is 3.19. The van der Waals surface area contributed by atoms with Crippen molar-refractivity contribution < 1.29 is 9.53 Å². The van der Waals surface area contributed by atoms with Crippen LogP contribution in [0.15, 0.2) is 42.5 Å². The molecule has 0 unspecified atom stereocenters. The van der Waals surface area contributed by atoms with Crippen LogP contribution in [0.3, 0.4) is 0 Å². The van der Waals surface area contributed by atoms with E-state index >= 15 is 0 Å². The fourth-order valence-corrected chi connectivity index (χ4v) is 4.22. The summed E-state index contributed by atoms with van der Waals surface area (Å²) >= 11 is 0. The van der Waals surface area contributed by atoms with Gasteiger partial charge in [-0.1, -0.05) is 24.3 Å². The molecule has 0 saturated carbocycles. The van der Waals surface area contributed by atoms with Crippen molar-refractivity contribution in [1.82, 2.24) is 19.9 Å². The molecule has 1 saturated heterocycles. The second-order valence-electron chi connectivity index (χ2n) is 8.30. The first kappa shape index (κ1) is 21.7. The van der Waals surface area contributed by atoms with Crippen LogP contribution in [-0.2, 0) is 4.79 Å². The van der Waals surface area contributed by atoms with Gasteiger partial charge in [-0.3, -0.25) is 4.79 Å². The first-order valence-corrected chi connectivity index (χ1v) is 11.0. The zero-order valence-electron chi connectivity index (χ0n) is 19.1. The van der Waals surface area contributed by atoms with E-state index in [1.165, 1.54) is 0 Å². The van der Waals surface area contributed by atoms with Gasteiger partial charge in [-0.15, -0.1) is 0 Å². The van der Waals surface area contributed by atoms with Crippen molar-refractivity contribution in [3.8, 4) is 5.75 Å². The number of anilines is 2. The van der Waals surface area contributed by atoms with Gasteiger partial charge in [0, 0.05) is 17.9 Å². The van der Waals surface area contributed by atoms with E-state index in [1.807, 2.05) is 75.1 Å². The highest BCUT2D eigenvalue weighted by Gasteiger charge is 2.31. The standard InChI is InChI=1S/C25H29N5O2/c1-16-8-5-9-17(2)24(16)32-15-23(31)30-13-7-11-21(30)20-10-6-12-22(28-20)29-25-26-18(3)14-19(4)27-25/h5-6,8-10,12,14,21H,7,11,13,15H2,1-4H3,(H,26,27,28,29)/t21-/m0/s1. The van der Waals surface area contributed by atoms with Crippen molar-refractivity contribution >= 4 is 17.7 Å². The molecule has 4 rings (SSSR count). The molecule has 32 heavy (non-hydrogen) atoms. The van der Waals surface area contributed by atoms with Crippen molar-refractivity contribution in [3.63, 3.8) is 0 Å². The zero-order valence-corrected chi connectivity index (χ0v) is 19.1. The minimum absolute atomic E-state index is 0.0204. The van der Waals surface area contributed by atoms with Crippen LogP contribution in [0.4, 0.5) is 11.8 Å². The summed E-state index contributed by atoms with van der Waals surface area (Å²) in [7, 11) is 0. The number of aromatic nitrogens is 3. The lowest BCUT2D eigenvalue weighted by Crippen LogP contribution is -2.35. The van der Waals surface area contributed by atoms with E-state index in [0.29, 0.717) is 18.3 Å². The third kappa shape index (κ3) is 4.88. The lowest BCUT2D eigenvalue weighted by molar-refractivity contribution is -0.134. The molecule has 1 atom stereocenters. The van der Waals surface area contributed by atoms with E-state index in [2.05, 4.69) is 15.3 Å². The molecule has 2 aromatic heterocycles. The molecule has 1 aromatic carbocycles. The Labute approximate surface area is 188 Å². The first-order chi connectivity index (χ1) is 15.4. The van der Waals surface area contributed by atoms with Crippen molar-refractivity contribution in [2.24, 2.45) is 0 Å². The maximum Gasteiger partial charge on any atom is 0.261 e. The molecule has 1 fully saturated rings. The lowest BCUT2D eigenvalue weighted by atomic mass is 10.1. The summed E-state index contributed by atoms with van der Waals surface area (Å²) in [4.78, 5) is 28.5. The Morgan fingerprint density at radius 3 is 2.44 bits per heavy atom. The quantitative estimate of drug-likeness (QED) is 0.615. The van der Waals surface area contributed by atoms with Crippen molar-refractivity contribution in [1.29, 1.82) is 0 Å². The van der Waals surface area contributed by atoms with Crippen LogP contribution in [0.2, 0.25) is 0 Å². The Bertz CT molecular complexity index is 1090. The molecule has 3 heterocycles. The number of para-hydroxylation sites is 1. The third-order valence-electron chi connectivity index (χ3n) is 5.66. The Kier molecular flexibility index (Phi) is 6.35. The molecule has 1 N–H and O–H groups in total. The number of aryl methyl sites for hydroxylation is 4. The van der Waals surface area contributed by atoms with Gasteiger partial charge < -0.3 is 15.0 Å². The number of carbonyl (C=O) groups is 1. The van der Waals surface area contributed by atoms with Crippen LogP contribution >= 0.6 is 0 Å². The average Bonchev–Trinajstić information content (AvgIpc) is 3.23. The van der Waals surface area contributed by atoms with Crippen LogP contribution in [0.1, 0.15) is 47.1 Å². The van der Waals surface area contributed by atoms with Crippen LogP contribution in [-0.4, -0.2) is 38.9 Å². The predicted octanol–water partition coefficient (Wildman–Crippen LogP) is 4.59.